The first kappa shape index (κ1) is 16.2. The molecular formula is C14H21FN2O3. The van der Waals surface area contributed by atoms with Gasteiger partial charge in [0.1, 0.15) is 0 Å². The molecule has 1 aromatic carbocycles. The summed E-state index contributed by atoms with van der Waals surface area (Å²) in [6, 6.07) is 4.26. The van der Waals surface area contributed by atoms with E-state index < -0.39 is 5.82 Å². The highest BCUT2D eigenvalue weighted by molar-refractivity contribution is 5.74. The minimum absolute atomic E-state index is 0.0385. The minimum Gasteiger partial charge on any atom is -0.494 e. The lowest BCUT2D eigenvalue weighted by Gasteiger charge is -2.13. The van der Waals surface area contributed by atoms with Crippen molar-refractivity contribution in [1.82, 2.24) is 10.6 Å². The molecule has 5 nitrogen and oxygen atoms in total. The van der Waals surface area contributed by atoms with E-state index in [9.17, 15) is 9.18 Å². The van der Waals surface area contributed by atoms with Crippen LogP contribution in [0.1, 0.15) is 18.9 Å². The SMILES string of the molecule is COc1cc(CCNC(=O)NC(C)CCO)ccc1F. The van der Waals surface area contributed by atoms with Crippen LogP contribution in [-0.2, 0) is 6.42 Å². The van der Waals surface area contributed by atoms with Crippen LogP contribution in [0.3, 0.4) is 0 Å². The molecule has 2 amide bonds. The average molecular weight is 284 g/mol. The van der Waals surface area contributed by atoms with E-state index in [2.05, 4.69) is 10.6 Å². The summed E-state index contributed by atoms with van der Waals surface area (Å²) in [7, 11) is 1.41. The molecule has 0 aliphatic heterocycles. The zero-order chi connectivity index (χ0) is 15.0. The molecule has 0 fully saturated rings. The summed E-state index contributed by atoms with van der Waals surface area (Å²) in [5.41, 5.74) is 0.881. The molecule has 0 spiro atoms. The van der Waals surface area contributed by atoms with Crippen molar-refractivity contribution >= 4 is 6.03 Å². The first-order chi connectivity index (χ1) is 9.56. The number of rotatable bonds is 7. The molecule has 0 bridgehead atoms. The highest BCUT2D eigenvalue weighted by Gasteiger charge is 2.07. The molecule has 0 heterocycles. The number of ether oxygens (including phenoxy) is 1. The summed E-state index contributed by atoms with van der Waals surface area (Å²) < 4.78 is 18.1. The highest BCUT2D eigenvalue weighted by Crippen LogP contribution is 2.18. The Morgan fingerprint density at radius 2 is 2.25 bits per heavy atom. The number of hydrogen-bond donors (Lipinski definition) is 3. The molecule has 0 saturated carbocycles. The number of nitrogens with one attached hydrogen (secondary N) is 2. The van der Waals surface area contributed by atoms with E-state index in [4.69, 9.17) is 9.84 Å². The number of benzene rings is 1. The summed E-state index contributed by atoms with van der Waals surface area (Å²) in [5, 5.41) is 14.1. The number of carbonyl (C=O) groups is 1. The van der Waals surface area contributed by atoms with Crippen molar-refractivity contribution in [3.05, 3.63) is 29.6 Å². The number of hydrogen-bond acceptors (Lipinski definition) is 3. The monoisotopic (exact) mass is 284 g/mol. The van der Waals surface area contributed by atoms with Crippen molar-refractivity contribution in [3.63, 3.8) is 0 Å². The number of aliphatic hydroxyl groups excluding tert-OH is 1. The fourth-order valence-corrected chi connectivity index (χ4v) is 1.72. The van der Waals surface area contributed by atoms with Gasteiger partial charge >= 0.3 is 6.03 Å². The first-order valence-corrected chi connectivity index (χ1v) is 6.54. The standard InChI is InChI=1S/C14H21FN2O3/c1-10(6-8-18)17-14(19)16-7-5-11-3-4-12(15)13(9-11)20-2/h3-4,9-10,18H,5-8H2,1-2H3,(H2,16,17,19). The zero-order valence-electron chi connectivity index (χ0n) is 11.8. The third-order valence-corrected chi connectivity index (χ3v) is 2.85. The Hall–Kier alpha value is -1.82. The lowest BCUT2D eigenvalue weighted by atomic mass is 10.1. The van der Waals surface area contributed by atoms with E-state index in [1.165, 1.54) is 13.2 Å². The summed E-state index contributed by atoms with van der Waals surface area (Å²) in [6.45, 7) is 2.30. The van der Waals surface area contributed by atoms with Crippen molar-refractivity contribution in [3.8, 4) is 5.75 Å². The van der Waals surface area contributed by atoms with E-state index in [0.29, 0.717) is 19.4 Å². The summed E-state index contributed by atoms with van der Waals surface area (Å²) in [4.78, 5) is 11.5. The van der Waals surface area contributed by atoms with E-state index >= 15 is 0 Å². The van der Waals surface area contributed by atoms with E-state index in [1.807, 2.05) is 6.92 Å². The molecule has 0 aliphatic rings. The van der Waals surface area contributed by atoms with E-state index in [-0.39, 0.29) is 24.4 Å². The largest absolute Gasteiger partial charge is 0.494 e. The molecule has 1 unspecified atom stereocenters. The molecule has 1 atom stereocenters. The quantitative estimate of drug-likeness (QED) is 0.709. The summed E-state index contributed by atoms with van der Waals surface area (Å²) >= 11 is 0. The van der Waals surface area contributed by atoms with Gasteiger partial charge in [-0.25, -0.2) is 9.18 Å². The van der Waals surface area contributed by atoms with Crippen LogP contribution >= 0.6 is 0 Å². The Balaban J connectivity index is 2.35. The smallest absolute Gasteiger partial charge is 0.315 e. The second kappa shape index (κ2) is 8.37. The van der Waals surface area contributed by atoms with Crippen molar-refractivity contribution in [2.75, 3.05) is 20.3 Å². The van der Waals surface area contributed by atoms with Gasteiger partial charge in [-0.05, 0) is 37.5 Å². The number of carbonyl (C=O) groups excluding carboxylic acids is 1. The minimum atomic E-state index is -0.403. The topological polar surface area (TPSA) is 70.6 Å². The lowest BCUT2D eigenvalue weighted by Crippen LogP contribution is -2.41. The van der Waals surface area contributed by atoms with Gasteiger partial charge in [0.2, 0.25) is 0 Å². The third kappa shape index (κ3) is 5.44. The summed E-state index contributed by atoms with van der Waals surface area (Å²) in [6.07, 6.45) is 1.10. The fraction of sp³-hybridized carbons (Fsp3) is 0.500. The zero-order valence-corrected chi connectivity index (χ0v) is 11.8. The predicted octanol–water partition coefficient (Wildman–Crippen LogP) is 1.45. The van der Waals surface area contributed by atoms with Crippen LogP contribution in [-0.4, -0.2) is 37.4 Å². The summed E-state index contributed by atoms with van der Waals surface area (Å²) in [5.74, 6) is -0.205. The first-order valence-electron chi connectivity index (χ1n) is 6.54. The van der Waals surface area contributed by atoms with Gasteiger partial charge in [-0.15, -0.1) is 0 Å². The maximum atomic E-state index is 13.2. The third-order valence-electron chi connectivity index (χ3n) is 2.85. The number of amides is 2. The second-order valence-corrected chi connectivity index (χ2v) is 4.53. The molecule has 0 aliphatic carbocycles. The van der Waals surface area contributed by atoms with Gasteiger partial charge in [0.05, 0.1) is 7.11 Å². The van der Waals surface area contributed by atoms with Gasteiger partial charge in [0, 0.05) is 19.2 Å². The van der Waals surface area contributed by atoms with Gasteiger partial charge in [0.25, 0.3) is 0 Å². The molecule has 3 N–H and O–H groups in total. The molecule has 0 saturated heterocycles. The van der Waals surface area contributed by atoms with Crippen LogP contribution in [0.15, 0.2) is 18.2 Å². The number of methoxy groups -OCH3 is 1. The van der Waals surface area contributed by atoms with Gasteiger partial charge in [0.15, 0.2) is 11.6 Å². The second-order valence-electron chi connectivity index (χ2n) is 4.53. The van der Waals surface area contributed by atoms with Gasteiger partial charge in [-0.3, -0.25) is 0 Å². The highest BCUT2D eigenvalue weighted by atomic mass is 19.1. The van der Waals surface area contributed by atoms with Crippen LogP contribution in [0, 0.1) is 5.82 Å². The van der Waals surface area contributed by atoms with Crippen LogP contribution in [0.2, 0.25) is 0 Å². The molecule has 112 valence electrons. The Morgan fingerprint density at radius 3 is 2.90 bits per heavy atom. The Morgan fingerprint density at radius 1 is 1.50 bits per heavy atom. The number of aliphatic hydroxyl groups is 1. The van der Waals surface area contributed by atoms with Crippen molar-refractivity contribution in [2.24, 2.45) is 0 Å². The van der Waals surface area contributed by atoms with Crippen LogP contribution < -0.4 is 15.4 Å². The molecule has 0 aromatic heterocycles. The molecule has 1 rings (SSSR count). The van der Waals surface area contributed by atoms with Crippen molar-refractivity contribution in [2.45, 2.75) is 25.8 Å². The average Bonchev–Trinajstić information content (AvgIpc) is 2.40. The van der Waals surface area contributed by atoms with Crippen LogP contribution in [0.4, 0.5) is 9.18 Å². The van der Waals surface area contributed by atoms with Crippen molar-refractivity contribution in [1.29, 1.82) is 0 Å². The Kier molecular flexibility index (Phi) is 6.79. The molecule has 20 heavy (non-hydrogen) atoms. The number of urea groups is 1. The predicted molar refractivity (Wildman–Crippen MR) is 74.4 cm³/mol. The fourth-order valence-electron chi connectivity index (χ4n) is 1.72. The molecular weight excluding hydrogens is 263 g/mol. The van der Waals surface area contributed by atoms with E-state index in [0.717, 1.165) is 5.56 Å². The van der Waals surface area contributed by atoms with Crippen LogP contribution in [0.5, 0.6) is 5.75 Å². The van der Waals surface area contributed by atoms with Crippen LogP contribution in [0.25, 0.3) is 0 Å². The molecule has 0 radical (unpaired) electrons. The Labute approximate surface area is 118 Å². The maximum absolute atomic E-state index is 13.2. The molecule has 6 heteroatoms. The van der Waals surface area contributed by atoms with Gasteiger partial charge < -0.3 is 20.5 Å². The Bertz CT molecular complexity index is 440. The van der Waals surface area contributed by atoms with E-state index in [1.54, 1.807) is 12.1 Å². The van der Waals surface area contributed by atoms with Gasteiger partial charge in [-0.1, -0.05) is 6.07 Å². The normalized spacial score (nSPS) is 11.8. The maximum Gasteiger partial charge on any atom is 0.315 e. The molecule has 1 aromatic rings. The number of halogens is 1. The van der Waals surface area contributed by atoms with Crippen molar-refractivity contribution < 1.29 is 19.0 Å². The van der Waals surface area contributed by atoms with Gasteiger partial charge in [-0.2, -0.15) is 0 Å². The lowest BCUT2D eigenvalue weighted by molar-refractivity contribution is 0.231.